The van der Waals surface area contributed by atoms with Gasteiger partial charge < -0.3 is 9.84 Å². The Bertz CT molecular complexity index is 500. The molecule has 0 amide bonds. The zero-order valence-corrected chi connectivity index (χ0v) is 9.26. The van der Waals surface area contributed by atoms with Gasteiger partial charge >= 0.3 is 11.7 Å². The Morgan fingerprint density at radius 3 is 2.78 bits per heavy atom. The number of ether oxygens (including phenoxy) is 1. The summed E-state index contributed by atoms with van der Waals surface area (Å²) in [5.74, 6) is -2.96. The number of rotatable bonds is 6. The zero-order chi connectivity index (χ0) is 13.7. The Labute approximate surface area is 101 Å². The number of halogens is 1. The number of nitro groups is 1. The highest BCUT2D eigenvalue weighted by molar-refractivity contribution is 5.89. The molecule has 1 aromatic rings. The standard InChI is InChI=1S/C11H10FNO5/c1-2-3-4-18-10-6-8(12)7(11(14)15)5-9(10)13(16)17/h2,5-6H,1,3-4H2,(H,14,15). The fraction of sp³-hybridized carbons (Fsp3) is 0.182. The Morgan fingerprint density at radius 1 is 1.61 bits per heavy atom. The van der Waals surface area contributed by atoms with Crippen molar-refractivity contribution in [1.29, 1.82) is 0 Å². The fourth-order valence-electron chi connectivity index (χ4n) is 1.22. The molecular formula is C11H10FNO5. The van der Waals surface area contributed by atoms with Crippen LogP contribution in [-0.2, 0) is 0 Å². The van der Waals surface area contributed by atoms with Gasteiger partial charge in [-0.1, -0.05) is 6.08 Å². The monoisotopic (exact) mass is 255 g/mol. The molecule has 0 atom stereocenters. The maximum absolute atomic E-state index is 13.3. The van der Waals surface area contributed by atoms with Gasteiger partial charge in [-0.25, -0.2) is 9.18 Å². The highest BCUT2D eigenvalue weighted by Crippen LogP contribution is 2.30. The number of hydrogen-bond donors (Lipinski definition) is 1. The van der Waals surface area contributed by atoms with Crippen LogP contribution in [0.5, 0.6) is 5.75 Å². The van der Waals surface area contributed by atoms with E-state index in [0.717, 1.165) is 0 Å². The molecule has 0 bridgehead atoms. The normalized spacial score (nSPS) is 9.83. The molecule has 0 saturated heterocycles. The summed E-state index contributed by atoms with van der Waals surface area (Å²) >= 11 is 0. The molecule has 1 rings (SSSR count). The molecule has 7 heteroatoms. The van der Waals surface area contributed by atoms with E-state index < -0.39 is 28.0 Å². The number of carboxylic acid groups (broad SMARTS) is 1. The van der Waals surface area contributed by atoms with E-state index in [2.05, 4.69) is 6.58 Å². The minimum absolute atomic E-state index is 0.0935. The summed E-state index contributed by atoms with van der Waals surface area (Å²) in [6.45, 7) is 3.53. The third-order valence-corrected chi connectivity index (χ3v) is 2.06. The van der Waals surface area contributed by atoms with Crippen molar-refractivity contribution in [2.75, 3.05) is 6.61 Å². The van der Waals surface area contributed by atoms with Crippen LogP contribution in [0.2, 0.25) is 0 Å². The van der Waals surface area contributed by atoms with E-state index in [-0.39, 0.29) is 12.4 Å². The maximum Gasteiger partial charge on any atom is 0.338 e. The van der Waals surface area contributed by atoms with Gasteiger partial charge in [0.25, 0.3) is 0 Å². The molecule has 0 radical (unpaired) electrons. The third kappa shape index (κ3) is 3.03. The van der Waals surface area contributed by atoms with Gasteiger partial charge in [0.1, 0.15) is 11.4 Å². The number of carbonyl (C=O) groups is 1. The minimum Gasteiger partial charge on any atom is -0.486 e. The molecule has 0 fully saturated rings. The van der Waals surface area contributed by atoms with Crippen LogP contribution >= 0.6 is 0 Å². The molecule has 0 aliphatic heterocycles. The number of benzene rings is 1. The predicted molar refractivity (Wildman–Crippen MR) is 60.3 cm³/mol. The summed E-state index contributed by atoms with van der Waals surface area (Å²) in [4.78, 5) is 20.6. The third-order valence-electron chi connectivity index (χ3n) is 2.06. The number of carboxylic acids is 1. The average Bonchev–Trinajstić information content (AvgIpc) is 2.28. The highest BCUT2D eigenvalue weighted by atomic mass is 19.1. The van der Waals surface area contributed by atoms with Crippen molar-refractivity contribution in [1.82, 2.24) is 0 Å². The summed E-state index contributed by atoms with van der Waals surface area (Å²) < 4.78 is 18.4. The van der Waals surface area contributed by atoms with Gasteiger partial charge in [-0.05, 0) is 6.42 Å². The van der Waals surface area contributed by atoms with Crippen LogP contribution in [0.3, 0.4) is 0 Å². The molecule has 0 spiro atoms. The molecular weight excluding hydrogens is 245 g/mol. The second-order valence-electron chi connectivity index (χ2n) is 3.29. The first-order chi connectivity index (χ1) is 8.47. The number of hydrogen-bond acceptors (Lipinski definition) is 4. The fourth-order valence-corrected chi connectivity index (χ4v) is 1.22. The van der Waals surface area contributed by atoms with Crippen LogP contribution in [-0.4, -0.2) is 22.6 Å². The molecule has 18 heavy (non-hydrogen) atoms. The molecule has 1 N–H and O–H groups in total. The summed E-state index contributed by atoms with van der Waals surface area (Å²) in [6, 6.07) is 1.34. The van der Waals surface area contributed by atoms with E-state index in [9.17, 15) is 19.3 Å². The van der Waals surface area contributed by atoms with Crippen molar-refractivity contribution in [3.8, 4) is 5.75 Å². The van der Waals surface area contributed by atoms with Gasteiger partial charge in [0, 0.05) is 12.1 Å². The molecule has 6 nitrogen and oxygen atoms in total. The SMILES string of the molecule is C=CCCOc1cc(F)c(C(=O)O)cc1[N+](=O)[O-]. The van der Waals surface area contributed by atoms with Crippen LogP contribution in [0.4, 0.5) is 10.1 Å². The lowest BCUT2D eigenvalue weighted by atomic mass is 10.1. The number of nitrogens with zero attached hydrogens (tertiary/aromatic N) is 1. The number of aromatic carboxylic acids is 1. The Morgan fingerprint density at radius 2 is 2.28 bits per heavy atom. The summed E-state index contributed by atoms with van der Waals surface area (Å²) in [6.07, 6.45) is 1.97. The van der Waals surface area contributed by atoms with Gasteiger partial charge in [-0.2, -0.15) is 0 Å². The Balaban J connectivity index is 3.16. The highest BCUT2D eigenvalue weighted by Gasteiger charge is 2.22. The molecule has 0 aliphatic rings. The van der Waals surface area contributed by atoms with Gasteiger partial charge in [0.05, 0.1) is 11.5 Å². The average molecular weight is 255 g/mol. The van der Waals surface area contributed by atoms with Crippen LogP contribution in [0.25, 0.3) is 0 Å². The quantitative estimate of drug-likeness (QED) is 0.365. The van der Waals surface area contributed by atoms with Crippen LogP contribution in [0, 0.1) is 15.9 Å². The molecule has 0 aromatic heterocycles. The Kier molecular flexibility index (Phi) is 4.36. The lowest BCUT2D eigenvalue weighted by molar-refractivity contribution is -0.385. The molecule has 0 heterocycles. The van der Waals surface area contributed by atoms with Crippen molar-refractivity contribution in [2.45, 2.75) is 6.42 Å². The summed E-state index contributed by atoms with van der Waals surface area (Å²) in [5.41, 5.74) is -1.35. The largest absolute Gasteiger partial charge is 0.486 e. The first-order valence-corrected chi connectivity index (χ1v) is 4.92. The van der Waals surface area contributed by atoms with Crippen molar-refractivity contribution in [3.63, 3.8) is 0 Å². The lowest BCUT2D eigenvalue weighted by Crippen LogP contribution is -2.05. The maximum atomic E-state index is 13.3. The van der Waals surface area contributed by atoms with Crippen molar-refractivity contribution < 1.29 is 24.0 Å². The lowest BCUT2D eigenvalue weighted by Gasteiger charge is -2.06. The van der Waals surface area contributed by atoms with Crippen LogP contribution in [0.1, 0.15) is 16.8 Å². The van der Waals surface area contributed by atoms with E-state index >= 15 is 0 Å². The van der Waals surface area contributed by atoms with Crippen molar-refractivity contribution >= 4 is 11.7 Å². The van der Waals surface area contributed by atoms with Gasteiger partial charge in [0.15, 0.2) is 5.75 Å². The molecule has 1 aromatic carbocycles. The van der Waals surface area contributed by atoms with Crippen molar-refractivity contribution in [3.05, 3.63) is 46.3 Å². The van der Waals surface area contributed by atoms with E-state index in [4.69, 9.17) is 9.84 Å². The first kappa shape index (κ1) is 13.6. The number of nitro benzene ring substituents is 1. The summed E-state index contributed by atoms with van der Waals surface area (Å²) in [5, 5.41) is 19.4. The summed E-state index contributed by atoms with van der Waals surface area (Å²) in [7, 11) is 0. The first-order valence-electron chi connectivity index (χ1n) is 4.92. The molecule has 0 unspecified atom stereocenters. The second kappa shape index (κ2) is 5.76. The van der Waals surface area contributed by atoms with E-state index in [1.165, 1.54) is 6.08 Å². The predicted octanol–water partition coefficient (Wildman–Crippen LogP) is 2.39. The zero-order valence-electron chi connectivity index (χ0n) is 9.26. The minimum atomic E-state index is -1.58. The van der Waals surface area contributed by atoms with E-state index in [0.29, 0.717) is 18.6 Å². The Hall–Kier alpha value is -2.44. The van der Waals surface area contributed by atoms with E-state index in [1.807, 2.05) is 0 Å². The molecule has 0 saturated carbocycles. The van der Waals surface area contributed by atoms with Crippen LogP contribution < -0.4 is 4.74 Å². The second-order valence-corrected chi connectivity index (χ2v) is 3.29. The van der Waals surface area contributed by atoms with Gasteiger partial charge in [0.2, 0.25) is 0 Å². The topological polar surface area (TPSA) is 89.7 Å². The van der Waals surface area contributed by atoms with Crippen molar-refractivity contribution in [2.24, 2.45) is 0 Å². The van der Waals surface area contributed by atoms with Crippen LogP contribution in [0.15, 0.2) is 24.8 Å². The molecule has 0 aliphatic carbocycles. The smallest absolute Gasteiger partial charge is 0.338 e. The van der Waals surface area contributed by atoms with Gasteiger partial charge in [-0.15, -0.1) is 6.58 Å². The molecule has 96 valence electrons. The van der Waals surface area contributed by atoms with Gasteiger partial charge in [-0.3, -0.25) is 10.1 Å². The van der Waals surface area contributed by atoms with E-state index in [1.54, 1.807) is 0 Å².